The van der Waals surface area contributed by atoms with E-state index < -0.39 is 17.6 Å². The third-order valence-electron chi connectivity index (χ3n) is 2.97. The van der Waals surface area contributed by atoms with Crippen molar-refractivity contribution in [3.63, 3.8) is 0 Å². The van der Waals surface area contributed by atoms with Crippen molar-refractivity contribution in [3.8, 4) is 0 Å². The third kappa shape index (κ3) is 2.23. The molecular formula is C12H14F2N2O. The molecule has 1 heterocycles. The van der Waals surface area contributed by atoms with Gasteiger partial charge in [0.2, 0.25) is 5.91 Å². The van der Waals surface area contributed by atoms with Gasteiger partial charge in [0.1, 0.15) is 11.6 Å². The zero-order chi connectivity index (χ0) is 12.6. The number of carbonyl (C=O) groups is 1. The van der Waals surface area contributed by atoms with E-state index in [-0.39, 0.29) is 17.9 Å². The Morgan fingerprint density at radius 3 is 2.29 bits per heavy atom. The maximum Gasteiger partial charge on any atom is 0.220 e. The highest BCUT2D eigenvalue weighted by atomic mass is 19.1. The summed E-state index contributed by atoms with van der Waals surface area (Å²) in [4.78, 5) is 12.7. The lowest BCUT2D eigenvalue weighted by molar-refractivity contribution is -0.119. The van der Waals surface area contributed by atoms with Crippen LogP contribution in [-0.4, -0.2) is 26.5 Å². The summed E-state index contributed by atoms with van der Waals surface area (Å²) in [6.45, 7) is 0.300. The summed E-state index contributed by atoms with van der Waals surface area (Å²) in [7, 11) is 3.43. The number of halogens is 2. The fourth-order valence-corrected chi connectivity index (χ4v) is 2.03. The summed E-state index contributed by atoms with van der Waals surface area (Å²) in [6.07, 6.45) is 0.148. The van der Waals surface area contributed by atoms with Crippen molar-refractivity contribution < 1.29 is 13.6 Å². The molecular weight excluding hydrogens is 226 g/mol. The van der Waals surface area contributed by atoms with E-state index in [2.05, 4.69) is 5.32 Å². The molecule has 92 valence electrons. The Bertz CT molecular complexity index is 437. The first-order valence-electron chi connectivity index (χ1n) is 5.42. The number of anilines is 1. The van der Waals surface area contributed by atoms with E-state index >= 15 is 0 Å². The lowest BCUT2D eigenvalue weighted by Crippen LogP contribution is -2.15. The first kappa shape index (κ1) is 11.8. The van der Waals surface area contributed by atoms with Crippen LogP contribution in [0.5, 0.6) is 0 Å². The summed E-state index contributed by atoms with van der Waals surface area (Å²) in [5.74, 6) is -1.74. The average molecular weight is 240 g/mol. The first-order valence-corrected chi connectivity index (χ1v) is 5.42. The minimum absolute atomic E-state index is 0.00829. The van der Waals surface area contributed by atoms with Crippen LogP contribution in [0.4, 0.5) is 14.5 Å². The summed E-state index contributed by atoms with van der Waals surface area (Å²) in [5, 5.41) is 2.58. The van der Waals surface area contributed by atoms with Crippen LogP contribution in [0.1, 0.15) is 17.9 Å². The molecule has 0 aliphatic carbocycles. The maximum absolute atomic E-state index is 13.8. The van der Waals surface area contributed by atoms with Crippen molar-refractivity contribution in [2.45, 2.75) is 12.3 Å². The van der Waals surface area contributed by atoms with Crippen molar-refractivity contribution >= 4 is 11.6 Å². The Morgan fingerprint density at radius 1 is 1.29 bits per heavy atom. The van der Waals surface area contributed by atoms with E-state index in [1.165, 1.54) is 12.1 Å². The van der Waals surface area contributed by atoms with Crippen molar-refractivity contribution in [3.05, 3.63) is 29.3 Å². The van der Waals surface area contributed by atoms with Gasteiger partial charge in [-0.3, -0.25) is 4.79 Å². The van der Waals surface area contributed by atoms with Gasteiger partial charge in [0.05, 0.1) is 0 Å². The first-order chi connectivity index (χ1) is 7.99. The van der Waals surface area contributed by atoms with E-state index in [9.17, 15) is 13.6 Å². The lowest BCUT2D eigenvalue weighted by Gasteiger charge is -2.16. The third-order valence-corrected chi connectivity index (χ3v) is 2.97. The fourth-order valence-electron chi connectivity index (χ4n) is 2.03. The molecule has 0 aromatic heterocycles. The van der Waals surface area contributed by atoms with Crippen molar-refractivity contribution in [1.29, 1.82) is 0 Å². The minimum Gasteiger partial charge on any atom is -0.377 e. The molecule has 17 heavy (non-hydrogen) atoms. The van der Waals surface area contributed by atoms with Gasteiger partial charge in [-0.2, -0.15) is 0 Å². The van der Waals surface area contributed by atoms with E-state index in [0.29, 0.717) is 12.2 Å². The van der Waals surface area contributed by atoms with Gasteiger partial charge in [0.15, 0.2) is 0 Å². The zero-order valence-electron chi connectivity index (χ0n) is 9.76. The van der Waals surface area contributed by atoms with Crippen LogP contribution in [0.3, 0.4) is 0 Å². The average Bonchev–Trinajstić information content (AvgIpc) is 2.63. The van der Waals surface area contributed by atoms with Gasteiger partial charge in [-0.05, 0) is 12.1 Å². The zero-order valence-corrected chi connectivity index (χ0v) is 9.76. The van der Waals surface area contributed by atoms with E-state index in [1.807, 2.05) is 0 Å². The second-order valence-electron chi connectivity index (χ2n) is 4.42. The number of hydrogen-bond donors (Lipinski definition) is 1. The smallest absolute Gasteiger partial charge is 0.220 e. The molecule has 2 rings (SSSR count). The van der Waals surface area contributed by atoms with Crippen molar-refractivity contribution in [2.75, 3.05) is 25.5 Å². The SMILES string of the molecule is CN(C)c1cc(F)c([C@@H]2CNC(=O)C2)c(F)c1. The summed E-state index contributed by atoms with van der Waals surface area (Å²) < 4.78 is 27.7. The molecule has 1 N–H and O–H groups in total. The quantitative estimate of drug-likeness (QED) is 0.852. The highest BCUT2D eigenvalue weighted by Crippen LogP contribution is 2.30. The summed E-state index contributed by atoms with van der Waals surface area (Å²) in [5.41, 5.74) is 0.481. The number of carbonyl (C=O) groups excluding carboxylic acids is 1. The predicted molar refractivity (Wildman–Crippen MR) is 61.1 cm³/mol. The van der Waals surface area contributed by atoms with Crippen LogP contribution in [0.15, 0.2) is 12.1 Å². The Morgan fingerprint density at radius 2 is 1.88 bits per heavy atom. The summed E-state index contributed by atoms with van der Waals surface area (Å²) >= 11 is 0. The van der Waals surface area contributed by atoms with E-state index in [4.69, 9.17) is 0 Å². The monoisotopic (exact) mass is 240 g/mol. The Balaban J connectivity index is 2.38. The number of rotatable bonds is 2. The van der Waals surface area contributed by atoms with Crippen LogP contribution in [-0.2, 0) is 4.79 Å². The van der Waals surface area contributed by atoms with Gasteiger partial charge in [0, 0.05) is 44.2 Å². The second-order valence-corrected chi connectivity index (χ2v) is 4.42. The molecule has 1 atom stereocenters. The number of nitrogens with zero attached hydrogens (tertiary/aromatic N) is 1. The lowest BCUT2D eigenvalue weighted by atomic mass is 9.96. The molecule has 3 nitrogen and oxygen atoms in total. The highest BCUT2D eigenvalue weighted by Gasteiger charge is 2.28. The van der Waals surface area contributed by atoms with Crippen molar-refractivity contribution in [1.82, 2.24) is 5.32 Å². The van der Waals surface area contributed by atoms with Crippen LogP contribution in [0, 0.1) is 11.6 Å². The predicted octanol–water partition coefficient (Wildman–Crippen LogP) is 1.63. The number of amides is 1. The standard InChI is InChI=1S/C12H14F2N2O/c1-16(2)8-4-9(13)12(10(14)5-8)7-3-11(17)15-6-7/h4-5,7H,3,6H2,1-2H3,(H,15,17)/t7-/m0/s1. The Hall–Kier alpha value is -1.65. The van der Waals surface area contributed by atoms with Crippen molar-refractivity contribution in [2.24, 2.45) is 0 Å². The summed E-state index contributed by atoms with van der Waals surface area (Å²) in [6, 6.07) is 2.59. The fraction of sp³-hybridized carbons (Fsp3) is 0.417. The largest absolute Gasteiger partial charge is 0.377 e. The number of hydrogen-bond acceptors (Lipinski definition) is 2. The second kappa shape index (κ2) is 4.31. The molecule has 0 unspecified atom stereocenters. The van der Waals surface area contributed by atoms with Gasteiger partial charge in [-0.25, -0.2) is 8.78 Å². The maximum atomic E-state index is 13.8. The van der Waals surface area contributed by atoms with Crippen LogP contribution >= 0.6 is 0 Å². The molecule has 1 aromatic carbocycles. The van der Waals surface area contributed by atoms with Gasteiger partial charge in [-0.15, -0.1) is 0 Å². The molecule has 0 saturated carbocycles. The van der Waals surface area contributed by atoms with Crippen LogP contribution in [0.25, 0.3) is 0 Å². The Labute approximate surface area is 98.4 Å². The van der Waals surface area contributed by atoms with Gasteiger partial charge in [-0.1, -0.05) is 0 Å². The van der Waals surface area contributed by atoms with Gasteiger partial charge in [0.25, 0.3) is 0 Å². The molecule has 0 bridgehead atoms. The number of benzene rings is 1. The van der Waals surface area contributed by atoms with Gasteiger partial charge < -0.3 is 10.2 Å². The molecule has 1 aromatic rings. The number of nitrogens with one attached hydrogen (secondary N) is 1. The molecule has 1 aliphatic rings. The molecule has 1 fully saturated rings. The van der Waals surface area contributed by atoms with Crippen LogP contribution < -0.4 is 10.2 Å². The molecule has 5 heteroatoms. The van der Waals surface area contributed by atoms with Gasteiger partial charge >= 0.3 is 0 Å². The molecule has 0 spiro atoms. The molecule has 1 amide bonds. The van der Waals surface area contributed by atoms with E-state index in [1.54, 1.807) is 19.0 Å². The Kier molecular flexibility index (Phi) is 3.00. The van der Waals surface area contributed by atoms with E-state index in [0.717, 1.165) is 0 Å². The molecule has 1 saturated heterocycles. The normalized spacial score (nSPS) is 19.3. The van der Waals surface area contributed by atoms with Crippen LogP contribution in [0.2, 0.25) is 0 Å². The minimum atomic E-state index is -0.588. The molecule has 1 aliphatic heterocycles. The highest BCUT2D eigenvalue weighted by molar-refractivity contribution is 5.79. The topological polar surface area (TPSA) is 32.3 Å². The molecule has 0 radical (unpaired) electrons.